The van der Waals surface area contributed by atoms with Crippen molar-refractivity contribution in [1.82, 2.24) is 5.32 Å². The van der Waals surface area contributed by atoms with E-state index in [0.29, 0.717) is 11.5 Å². The van der Waals surface area contributed by atoms with Gasteiger partial charge in [0.05, 0.1) is 0 Å². The van der Waals surface area contributed by atoms with Gasteiger partial charge >= 0.3 is 12.1 Å². The fourth-order valence-electron chi connectivity index (χ4n) is 3.37. The topological polar surface area (TPSA) is 92.4 Å². The molecule has 1 saturated heterocycles. The Bertz CT molecular complexity index is 723. The number of carboxylic acids is 1. The van der Waals surface area contributed by atoms with E-state index < -0.39 is 12.1 Å². The number of hydrogen-bond acceptors (Lipinski definition) is 3. The lowest BCUT2D eigenvalue weighted by Crippen LogP contribution is -2.26. The third-order valence-corrected chi connectivity index (χ3v) is 4.75. The predicted molar refractivity (Wildman–Crippen MR) is 95.3 cm³/mol. The number of nitrogens with two attached hydrogens (primary N) is 1. The third-order valence-electron chi connectivity index (χ3n) is 4.75. The fraction of sp³-hybridized carbons (Fsp3) is 0.474. The molecule has 0 saturated carbocycles. The van der Waals surface area contributed by atoms with E-state index >= 15 is 0 Å². The minimum Gasteiger partial charge on any atom is -0.475 e. The number of alkyl halides is 3. The minimum absolute atomic E-state index is 0.315. The van der Waals surface area contributed by atoms with Crippen LogP contribution in [-0.2, 0) is 4.79 Å². The Labute approximate surface area is 155 Å². The first-order chi connectivity index (χ1) is 12.7. The Morgan fingerprint density at radius 1 is 1.19 bits per heavy atom. The summed E-state index contributed by atoms with van der Waals surface area (Å²) >= 11 is 0. The molecular formula is C19H23F3N2O3. The van der Waals surface area contributed by atoms with Crippen molar-refractivity contribution >= 4 is 17.4 Å². The van der Waals surface area contributed by atoms with E-state index in [1.807, 2.05) is 6.07 Å². The summed E-state index contributed by atoms with van der Waals surface area (Å²) < 4.78 is 31.7. The fourth-order valence-corrected chi connectivity index (χ4v) is 3.37. The van der Waals surface area contributed by atoms with Crippen molar-refractivity contribution in [3.8, 4) is 0 Å². The van der Waals surface area contributed by atoms with Crippen LogP contribution >= 0.6 is 0 Å². The van der Waals surface area contributed by atoms with Gasteiger partial charge in [0.2, 0.25) is 5.91 Å². The molecule has 0 atom stereocenters. The summed E-state index contributed by atoms with van der Waals surface area (Å²) in [5, 5.41) is 10.5. The van der Waals surface area contributed by atoms with Gasteiger partial charge in [0.25, 0.3) is 0 Å². The summed E-state index contributed by atoms with van der Waals surface area (Å²) in [7, 11) is 0. The molecule has 148 valence electrons. The maximum absolute atomic E-state index is 11.7. The molecule has 0 bridgehead atoms. The number of halogens is 3. The minimum atomic E-state index is -5.08. The average Bonchev–Trinajstić information content (AvgIpc) is 3.16. The summed E-state index contributed by atoms with van der Waals surface area (Å²) in [6.07, 6.45) is 2.89. The summed E-state index contributed by atoms with van der Waals surface area (Å²) in [6, 6.07) is 6.23. The zero-order valence-corrected chi connectivity index (χ0v) is 14.8. The summed E-state index contributed by atoms with van der Waals surface area (Å²) in [6.45, 7) is 2.17. The number of rotatable bonds is 3. The molecule has 1 heterocycles. The molecule has 1 aliphatic carbocycles. The van der Waals surface area contributed by atoms with Crippen molar-refractivity contribution < 1.29 is 27.9 Å². The van der Waals surface area contributed by atoms with E-state index in [0.717, 1.165) is 31.5 Å². The van der Waals surface area contributed by atoms with E-state index in [1.54, 1.807) is 0 Å². The van der Waals surface area contributed by atoms with Crippen molar-refractivity contribution in [2.75, 3.05) is 13.1 Å². The Morgan fingerprint density at radius 2 is 1.81 bits per heavy atom. The number of carbonyl (C=O) groups is 2. The lowest BCUT2D eigenvalue weighted by atomic mass is 9.86. The number of hydrogen-bond donors (Lipinski definition) is 3. The molecule has 0 radical (unpaired) electrons. The van der Waals surface area contributed by atoms with Crippen LogP contribution in [-0.4, -0.2) is 36.2 Å². The Kier molecular flexibility index (Phi) is 7.01. The molecule has 0 spiro atoms. The average molecular weight is 384 g/mol. The number of allylic oxidation sites excluding steroid dienone is 2. The number of primary amides is 1. The number of aliphatic carboxylic acids is 1. The van der Waals surface area contributed by atoms with Gasteiger partial charge in [-0.15, -0.1) is 0 Å². The number of benzene rings is 1. The van der Waals surface area contributed by atoms with Crippen molar-refractivity contribution in [2.24, 2.45) is 5.73 Å². The van der Waals surface area contributed by atoms with Crippen LogP contribution in [0.15, 0.2) is 24.3 Å². The molecule has 5 nitrogen and oxygen atoms in total. The normalized spacial score (nSPS) is 17.7. The molecule has 2 aliphatic rings. The van der Waals surface area contributed by atoms with Crippen LogP contribution in [0.3, 0.4) is 0 Å². The van der Waals surface area contributed by atoms with Gasteiger partial charge in [-0.2, -0.15) is 13.2 Å². The standard InChI is InChI=1S/C17H22N2O.C2HF3O2/c18-17(20)15-6-5-14(12-7-9-19-10-8-12)11-16(15)13-3-1-2-4-13;3-2(4,5)1(6)7/h3,5-6,11-12,19H,1-2,4,7-10H2,(H2,18,20);(H,6,7). The predicted octanol–water partition coefficient (Wildman–Crippen LogP) is 3.45. The second kappa shape index (κ2) is 9.03. The SMILES string of the molecule is NC(=O)c1ccc(C2CCNCC2)cc1C1=CCCC1.O=C(O)C(F)(F)F. The summed E-state index contributed by atoms with van der Waals surface area (Å²) in [4.78, 5) is 20.5. The quantitative estimate of drug-likeness (QED) is 0.744. The highest BCUT2D eigenvalue weighted by molar-refractivity contribution is 5.98. The van der Waals surface area contributed by atoms with Gasteiger partial charge in [0.1, 0.15) is 0 Å². The zero-order valence-electron chi connectivity index (χ0n) is 14.8. The first kappa shape index (κ1) is 21.0. The molecule has 1 aromatic rings. The number of nitrogens with one attached hydrogen (secondary N) is 1. The summed E-state index contributed by atoms with van der Waals surface area (Å²) in [5.41, 5.74) is 9.95. The molecule has 1 aromatic carbocycles. The molecule has 27 heavy (non-hydrogen) atoms. The molecule has 0 unspecified atom stereocenters. The van der Waals surface area contributed by atoms with Crippen LogP contribution in [0.5, 0.6) is 0 Å². The number of carboxylic acid groups (broad SMARTS) is 1. The smallest absolute Gasteiger partial charge is 0.475 e. The number of piperidine rings is 1. The van der Waals surface area contributed by atoms with E-state index in [2.05, 4.69) is 23.5 Å². The molecule has 1 aliphatic heterocycles. The molecule has 0 aromatic heterocycles. The maximum Gasteiger partial charge on any atom is 0.490 e. The highest BCUT2D eigenvalue weighted by Gasteiger charge is 2.38. The van der Waals surface area contributed by atoms with Gasteiger partial charge < -0.3 is 16.2 Å². The number of carbonyl (C=O) groups excluding carboxylic acids is 1. The van der Waals surface area contributed by atoms with Crippen molar-refractivity contribution in [3.05, 3.63) is 41.0 Å². The zero-order chi connectivity index (χ0) is 20.0. The first-order valence-electron chi connectivity index (χ1n) is 8.84. The molecule has 1 amide bonds. The van der Waals surface area contributed by atoms with Gasteiger partial charge in [-0.1, -0.05) is 18.2 Å². The van der Waals surface area contributed by atoms with Gasteiger partial charge in [-0.3, -0.25) is 4.79 Å². The van der Waals surface area contributed by atoms with E-state index in [9.17, 15) is 18.0 Å². The highest BCUT2D eigenvalue weighted by Crippen LogP contribution is 2.33. The van der Waals surface area contributed by atoms with E-state index in [1.165, 1.54) is 30.4 Å². The van der Waals surface area contributed by atoms with Crippen LogP contribution in [0.2, 0.25) is 0 Å². The largest absolute Gasteiger partial charge is 0.490 e. The Morgan fingerprint density at radius 3 is 2.30 bits per heavy atom. The molecule has 8 heteroatoms. The number of amides is 1. The highest BCUT2D eigenvalue weighted by atomic mass is 19.4. The second-order valence-electron chi connectivity index (χ2n) is 6.62. The van der Waals surface area contributed by atoms with E-state index in [4.69, 9.17) is 15.6 Å². The van der Waals surface area contributed by atoms with Gasteiger partial charge in [0, 0.05) is 5.56 Å². The van der Waals surface area contributed by atoms with Gasteiger partial charge in [-0.25, -0.2) is 4.79 Å². The Balaban J connectivity index is 0.000000321. The maximum atomic E-state index is 11.7. The first-order valence-corrected chi connectivity index (χ1v) is 8.84. The molecular weight excluding hydrogens is 361 g/mol. The lowest BCUT2D eigenvalue weighted by molar-refractivity contribution is -0.192. The lowest BCUT2D eigenvalue weighted by Gasteiger charge is -2.24. The van der Waals surface area contributed by atoms with Crippen molar-refractivity contribution in [3.63, 3.8) is 0 Å². The monoisotopic (exact) mass is 384 g/mol. The van der Waals surface area contributed by atoms with Crippen LogP contribution in [0.25, 0.3) is 5.57 Å². The van der Waals surface area contributed by atoms with Gasteiger partial charge in [-0.05, 0) is 73.9 Å². The molecule has 4 N–H and O–H groups in total. The second-order valence-corrected chi connectivity index (χ2v) is 6.62. The summed E-state index contributed by atoms with van der Waals surface area (Å²) in [5.74, 6) is -2.46. The third kappa shape index (κ3) is 5.82. The molecule has 1 fully saturated rings. The Hall–Kier alpha value is -2.35. The van der Waals surface area contributed by atoms with Gasteiger partial charge in [0.15, 0.2) is 0 Å². The van der Waals surface area contributed by atoms with Crippen molar-refractivity contribution in [2.45, 2.75) is 44.2 Å². The van der Waals surface area contributed by atoms with Crippen LogP contribution in [0.4, 0.5) is 13.2 Å². The van der Waals surface area contributed by atoms with Crippen LogP contribution in [0, 0.1) is 0 Å². The van der Waals surface area contributed by atoms with E-state index in [-0.39, 0.29) is 5.91 Å². The van der Waals surface area contributed by atoms with Crippen molar-refractivity contribution in [1.29, 1.82) is 0 Å². The van der Waals surface area contributed by atoms with Crippen LogP contribution < -0.4 is 11.1 Å². The van der Waals surface area contributed by atoms with Crippen LogP contribution in [0.1, 0.15) is 59.5 Å². The molecule has 3 rings (SSSR count).